The quantitative estimate of drug-likeness (QED) is 0.455. The summed E-state index contributed by atoms with van der Waals surface area (Å²) in [5, 5.41) is 11.8. The van der Waals surface area contributed by atoms with Crippen LogP contribution in [0.25, 0.3) is 10.4 Å². The van der Waals surface area contributed by atoms with Gasteiger partial charge < -0.3 is 5.11 Å². The van der Waals surface area contributed by atoms with Crippen LogP contribution in [-0.4, -0.2) is 6.26 Å². The van der Waals surface area contributed by atoms with Crippen LogP contribution < -0.4 is 5.11 Å². The molecule has 1 nitrogen and oxygen atoms in total. The molecule has 0 radical (unpaired) electrons. The second-order valence-electron chi connectivity index (χ2n) is 2.68. The molecule has 0 bridgehead atoms. The minimum Gasteiger partial charge on any atom is -0.867 e. The predicted octanol–water partition coefficient (Wildman–Crippen LogP) is 3.55. The van der Waals surface area contributed by atoms with Gasteiger partial charge in [-0.05, 0) is 17.6 Å². The number of benzene rings is 1. The standard InChI is InChI=1S/C10H8OS3/c1-12-10-8(11)9(13-14-10)7-5-3-2-4-6-7/h2-6H,1H3. The van der Waals surface area contributed by atoms with Gasteiger partial charge in [-0.25, -0.2) is 0 Å². The Kier molecular flexibility index (Phi) is 3.05. The lowest BCUT2D eigenvalue weighted by Crippen LogP contribution is -1.90. The average Bonchev–Trinajstić information content (AvgIpc) is 2.61. The fourth-order valence-corrected chi connectivity index (χ4v) is 4.72. The Morgan fingerprint density at radius 1 is 1.29 bits per heavy atom. The molecule has 14 heavy (non-hydrogen) atoms. The van der Waals surface area contributed by atoms with Crippen molar-refractivity contribution in [1.82, 2.24) is 0 Å². The Morgan fingerprint density at radius 2 is 2.00 bits per heavy atom. The molecule has 0 saturated heterocycles. The van der Waals surface area contributed by atoms with Crippen LogP contribution >= 0.6 is 32.4 Å². The van der Waals surface area contributed by atoms with E-state index in [0.717, 1.165) is 14.6 Å². The lowest BCUT2D eigenvalue weighted by atomic mass is 10.2. The van der Waals surface area contributed by atoms with Gasteiger partial charge in [0.1, 0.15) is 0 Å². The average molecular weight is 240 g/mol. The third-order valence-electron chi connectivity index (χ3n) is 1.81. The van der Waals surface area contributed by atoms with Crippen LogP contribution in [0, 0.1) is 0 Å². The van der Waals surface area contributed by atoms with Crippen LogP contribution in [-0.2, 0) is 0 Å². The first kappa shape index (κ1) is 9.96. The van der Waals surface area contributed by atoms with Crippen LogP contribution in [0.5, 0.6) is 5.75 Å². The van der Waals surface area contributed by atoms with Gasteiger partial charge in [-0.15, -0.1) is 0 Å². The maximum atomic E-state index is 11.8. The highest BCUT2D eigenvalue weighted by Gasteiger charge is 2.16. The molecule has 72 valence electrons. The summed E-state index contributed by atoms with van der Waals surface area (Å²) in [6, 6.07) is 9.82. The van der Waals surface area contributed by atoms with E-state index in [1.165, 1.54) is 11.8 Å². The van der Waals surface area contributed by atoms with Gasteiger partial charge in [0.15, 0.2) is 10.3 Å². The van der Waals surface area contributed by atoms with Gasteiger partial charge in [0.05, 0.1) is 4.88 Å². The zero-order chi connectivity index (χ0) is 9.97. The largest absolute Gasteiger partial charge is 0.867 e. The Hall–Kier alpha value is -0.580. The van der Waals surface area contributed by atoms with Gasteiger partial charge in [0, 0.05) is 0 Å². The monoisotopic (exact) mass is 240 g/mol. The summed E-state index contributed by atoms with van der Waals surface area (Å²) >= 11 is 1.53. The molecule has 1 aromatic carbocycles. The van der Waals surface area contributed by atoms with Crippen molar-refractivity contribution in [2.24, 2.45) is 0 Å². The first-order chi connectivity index (χ1) is 6.83. The fraction of sp³-hybridized carbons (Fsp3) is 0.100. The van der Waals surface area contributed by atoms with E-state index in [2.05, 4.69) is 0 Å². The Morgan fingerprint density at radius 3 is 2.57 bits per heavy atom. The van der Waals surface area contributed by atoms with Gasteiger partial charge >= 0.3 is 10.3 Å². The van der Waals surface area contributed by atoms with Crippen molar-refractivity contribution in [2.45, 2.75) is 4.21 Å². The molecule has 1 aromatic heterocycles. The van der Waals surface area contributed by atoms with Gasteiger partial charge in [-0.3, -0.25) is 0 Å². The maximum Gasteiger partial charge on any atom is 0.307 e. The third-order valence-corrected chi connectivity index (χ3v) is 5.69. The summed E-state index contributed by atoms with van der Waals surface area (Å²) in [4.78, 5) is 0.861. The highest BCUT2D eigenvalue weighted by molar-refractivity contribution is 8.02. The van der Waals surface area contributed by atoms with Crippen LogP contribution in [0.2, 0.25) is 0 Å². The molecule has 0 unspecified atom stereocenters. The summed E-state index contributed by atoms with van der Waals surface area (Å²) in [6.07, 6.45) is 1.94. The van der Waals surface area contributed by atoms with E-state index in [-0.39, 0.29) is 5.75 Å². The zero-order valence-electron chi connectivity index (χ0n) is 7.52. The molecule has 0 N–H and O–H groups in total. The number of thioether (sulfide) groups is 1. The Labute approximate surface area is 94.4 Å². The number of rotatable bonds is 2. The van der Waals surface area contributed by atoms with Crippen LogP contribution in [0.4, 0.5) is 0 Å². The van der Waals surface area contributed by atoms with Crippen molar-refractivity contribution in [2.75, 3.05) is 6.26 Å². The van der Waals surface area contributed by atoms with Gasteiger partial charge in [0.2, 0.25) is 0 Å². The van der Waals surface area contributed by atoms with E-state index in [1.807, 2.05) is 36.6 Å². The van der Waals surface area contributed by atoms with E-state index >= 15 is 0 Å². The molecule has 4 heteroatoms. The van der Waals surface area contributed by atoms with Gasteiger partial charge in [0.25, 0.3) is 4.21 Å². The highest BCUT2D eigenvalue weighted by Crippen LogP contribution is 2.44. The minimum atomic E-state index is 0.179. The molecule has 0 aliphatic rings. The van der Waals surface area contributed by atoms with Gasteiger partial charge in [-0.2, -0.15) is 0 Å². The van der Waals surface area contributed by atoms with E-state index < -0.39 is 0 Å². The lowest BCUT2D eigenvalue weighted by Gasteiger charge is -2.03. The van der Waals surface area contributed by atoms with Crippen molar-refractivity contribution in [3.05, 3.63) is 30.3 Å². The molecule has 1 heterocycles. The summed E-state index contributed by atoms with van der Waals surface area (Å²) in [6.45, 7) is 0. The van der Waals surface area contributed by atoms with Crippen LogP contribution in [0.1, 0.15) is 0 Å². The van der Waals surface area contributed by atoms with Crippen molar-refractivity contribution in [3.8, 4) is 16.2 Å². The molecule has 0 fully saturated rings. The SMILES string of the molecule is CSc1[s+]sc(-c2ccccc2)c1[O-]. The van der Waals surface area contributed by atoms with Crippen LogP contribution in [0.3, 0.4) is 0 Å². The second kappa shape index (κ2) is 4.29. The van der Waals surface area contributed by atoms with Gasteiger partial charge in [-0.1, -0.05) is 42.1 Å². The molecule has 0 amide bonds. The van der Waals surface area contributed by atoms with Crippen molar-refractivity contribution in [1.29, 1.82) is 0 Å². The minimum absolute atomic E-state index is 0.179. The molecule has 0 spiro atoms. The first-order valence-electron chi connectivity index (χ1n) is 4.05. The topological polar surface area (TPSA) is 23.1 Å². The third kappa shape index (κ3) is 1.78. The van der Waals surface area contributed by atoms with Crippen molar-refractivity contribution >= 4 is 32.4 Å². The van der Waals surface area contributed by atoms with E-state index in [4.69, 9.17) is 0 Å². The maximum absolute atomic E-state index is 11.8. The highest BCUT2D eigenvalue weighted by atomic mass is 32.9. The summed E-state index contributed by atoms with van der Waals surface area (Å²) < 4.78 is 0.883. The van der Waals surface area contributed by atoms with E-state index in [0.29, 0.717) is 0 Å². The molecule has 0 atom stereocenters. The molecule has 0 aliphatic carbocycles. The van der Waals surface area contributed by atoms with E-state index in [9.17, 15) is 5.11 Å². The summed E-state index contributed by atoms with van der Waals surface area (Å²) in [7, 11) is 3.13. The van der Waals surface area contributed by atoms with Crippen molar-refractivity contribution < 1.29 is 5.11 Å². The second-order valence-corrected chi connectivity index (χ2v) is 5.91. The molecule has 2 aromatic rings. The smallest absolute Gasteiger partial charge is 0.307 e. The fourth-order valence-electron chi connectivity index (χ4n) is 1.14. The Bertz CT molecular complexity index is 422. The normalized spacial score (nSPS) is 10.4. The Balaban J connectivity index is 2.48. The molecule has 0 saturated carbocycles. The number of hydrogen-bond acceptors (Lipinski definition) is 3. The van der Waals surface area contributed by atoms with Crippen LogP contribution in [0.15, 0.2) is 34.5 Å². The lowest BCUT2D eigenvalue weighted by molar-refractivity contribution is -0.270. The summed E-state index contributed by atoms with van der Waals surface area (Å²) in [5.74, 6) is 0.179. The predicted molar refractivity (Wildman–Crippen MR) is 63.3 cm³/mol. The molecular weight excluding hydrogens is 232 g/mol. The summed E-state index contributed by atoms with van der Waals surface area (Å²) in [5.41, 5.74) is 1.03. The molecular formula is C10H8OS3. The molecule has 0 aliphatic heterocycles. The molecule has 2 rings (SSSR count). The number of hydrogen-bond donors (Lipinski definition) is 0. The first-order valence-corrected chi connectivity index (χ1v) is 7.43. The zero-order valence-corrected chi connectivity index (χ0v) is 9.97. The van der Waals surface area contributed by atoms with Crippen molar-refractivity contribution in [3.63, 3.8) is 0 Å². The van der Waals surface area contributed by atoms with E-state index in [1.54, 1.807) is 20.7 Å².